The number of esters is 1. The Morgan fingerprint density at radius 1 is 0.882 bits per heavy atom. The highest BCUT2D eigenvalue weighted by Gasteiger charge is 2.23. The first-order valence-electron chi connectivity index (χ1n) is 12.2. The standard InChI is InChI=1S/C28H40N2O4/c1-23(26(31)33-22-25-17-11-8-12-18-25)30(21-24-15-9-7-10-16-24)20-14-6-5-13-19-29-27(32)34-28(2,3)4/h7-12,15-18,23H,5-6,13-14,19-22H2,1-4H3,(H,29,32)/t23-/m0/s1. The van der Waals surface area contributed by atoms with Gasteiger partial charge in [0, 0.05) is 13.1 Å². The molecule has 2 aromatic rings. The van der Waals surface area contributed by atoms with E-state index >= 15 is 0 Å². The van der Waals surface area contributed by atoms with Gasteiger partial charge in [0.05, 0.1) is 0 Å². The number of hydrogen-bond donors (Lipinski definition) is 1. The first kappa shape index (κ1) is 27.4. The van der Waals surface area contributed by atoms with E-state index in [4.69, 9.17) is 9.47 Å². The lowest BCUT2D eigenvalue weighted by molar-refractivity contribution is -0.151. The van der Waals surface area contributed by atoms with Crippen LogP contribution < -0.4 is 5.32 Å². The summed E-state index contributed by atoms with van der Waals surface area (Å²) in [7, 11) is 0. The maximum Gasteiger partial charge on any atom is 0.407 e. The molecule has 6 heteroatoms. The van der Waals surface area contributed by atoms with Crippen molar-refractivity contribution in [3.63, 3.8) is 0 Å². The summed E-state index contributed by atoms with van der Waals surface area (Å²) >= 11 is 0. The van der Waals surface area contributed by atoms with Crippen LogP contribution in [-0.2, 0) is 27.4 Å². The van der Waals surface area contributed by atoms with Crippen molar-refractivity contribution in [3.05, 3.63) is 71.8 Å². The van der Waals surface area contributed by atoms with Crippen molar-refractivity contribution in [1.82, 2.24) is 10.2 Å². The van der Waals surface area contributed by atoms with Gasteiger partial charge in [-0.25, -0.2) is 4.79 Å². The Hall–Kier alpha value is -2.86. The van der Waals surface area contributed by atoms with Crippen molar-refractivity contribution in [3.8, 4) is 0 Å². The third kappa shape index (κ3) is 11.3. The summed E-state index contributed by atoms with van der Waals surface area (Å²) in [5, 5.41) is 2.80. The van der Waals surface area contributed by atoms with Crippen LogP contribution in [0.2, 0.25) is 0 Å². The number of benzene rings is 2. The maximum absolute atomic E-state index is 12.8. The van der Waals surface area contributed by atoms with Crippen LogP contribution in [0.1, 0.15) is 64.5 Å². The Bertz CT molecular complexity index is 850. The van der Waals surface area contributed by atoms with E-state index < -0.39 is 5.60 Å². The summed E-state index contributed by atoms with van der Waals surface area (Å²) in [6, 6.07) is 19.6. The fourth-order valence-electron chi connectivity index (χ4n) is 3.52. The van der Waals surface area contributed by atoms with Crippen molar-refractivity contribution in [2.45, 2.75) is 78.2 Å². The van der Waals surface area contributed by atoms with Gasteiger partial charge >= 0.3 is 12.1 Å². The molecule has 186 valence electrons. The van der Waals surface area contributed by atoms with Gasteiger partial charge in [0.1, 0.15) is 18.2 Å². The second-order valence-corrected chi connectivity index (χ2v) is 9.57. The van der Waals surface area contributed by atoms with E-state index in [1.165, 1.54) is 5.56 Å². The zero-order valence-electron chi connectivity index (χ0n) is 21.1. The average Bonchev–Trinajstić information content (AvgIpc) is 2.81. The monoisotopic (exact) mass is 468 g/mol. The summed E-state index contributed by atoms with van der Waals surface area (Å²) in [5.41, 5.74) is 1.68. The molecule has 0 heterocycles. The van der Waals surface area contributed by atoms with Gasteiger partial charge in [0.15, 0.2) is 0 Å². The zero-order valence-corrected chi connectivity index (χ0v) is 21.1. The number of rotatable bonds is 13. The summed E-state index contributed by atoms with van der Waals surface area (Å²) < 4.78 is 10.8. The van der Waals surface area contributed by atoms with E-state index in [-0.39, 0.29) is 24.7 Å². The Morgan fingerprint density at radius 3 is 2.09 bits per heavy atom. The van der Waals surface area contributed by atoms with Crippen LogP contribution in [0.15, 0.2) is 60.7 Å². The molecule has 1 amide bonds. The summed E-state index contributed by atoms with van der Waals surface area (Å²) in [6.07, 6.45) is 3.52. The van der Waals surface area contributed by atoms with Crippen LogP contribution in [0.5, 0.6) is 0 Å². The topological polar surface area (TPSA) is 67.9 Å². The quantitative estimate of drug-likeness (QED) is 0.301. The minimum absolute atomic E-state index is 0.207. The van der Waals surface area contributed by atoms with E-state index in [1.807, 2.05) is 76.2 Å². The first-order valence-corrected chi connectivity index (χ1v) is 12.2. The van der Waals surface area contributed by atoms with Gasteiger partial charge in [0.25, 0.3) is 0 Å². The van der Waals surface area contributed by atoms with Gasteiger partial charge in [0.2, 0.25) is 0 Å². The number of nitrogens with zero attached hydrogens (tertiary/aromatic N) is 1. The molecule has 0 bridgehead atoms. The van der Waals surface area contributed by atoms with Gasteiger partial charge < -0.3 is 14.8 Å². The Labute approximate surface area is 204 Å². The van der Waals surface area contributed by atoms with E-state index in [0.717, 1.165) is 37.8 Å². The Balaban J connectivity index is 1.77. The van der Waals surface area contributed by atoms with Crippen LogP contribution in [0.3, 0.4) is 0 Å². The third-order valence-electron chi connectivity index (χ3n) is 5.38. The van der Waals surface area contributed by atoms with E-state index in [0.29, 0.717) is 13.1 Å². The summed E-state index contributed by atoms with van der Waals surface area (Å²) in [5.74, 6) is -0.207. The molecule has 0 fully saturated rings. The molecule has 0 aromatic heterocycles. The molecule has 0 saturated carbocycles. The minimum Gasteiger partial charge on any atom is -0.460 e. The number of amides is 1. The second kappa shape index (κ2) is 14.4. The molecular formula is C28H40N2O4. The molecule has 0 aliphatic rings. The number of nitrogens with one attached hydrogen (secondary N) is 1. The van der Waals surface area contributed by atoms with Crippen LogP contribution >= 0.6 is 0 Å². The number of alkyl carbamates (subject to hydrolysis) is 1. The molecule has 0 radical (unpaired) electrons. The molecule has 2 aromatic carbocycles. The molecule has 0 unspecified atom stereocenters. The lowest BCUT2D eigenvalue weighted by atomic mass is 10.1. The highest BCUT2D eigenvalue weighted by molar-refractivity contribution is 5.75. The maximum atomic E-state index is 12.8. The highest BCUT2D eigenvalue weighted by Crippen LogP contribution is 2.13. The number of unbranched alkanes of at least 4 members (excludes halogenated alkanes) is 3. The molecule has 0 aliphatic heterocycles. The van der Waals surface area contributed by atoms with Crippen molar-refractivity contribution in [1.29, 1.82) is 0 Å². The minimum atomic E-state index is -0.481. The SMILES string of the molecule is C[C@@H](C(=O)OCc1ccccc1)N(CCCCCCNC(=O)OC(C)(C)C)Cc1ccccc1. The molecule has 2 rings (SSSR count). The summed E-state index contributed by atoms with van der Waals surface area (Å²) in [6.45, 7) is 9.86. The van der Waals surface area contributed by atoms with E-state index in [2.05, 4.69) is 22.3 Å². The third-order valence-corrected chi connectivity index (χ3v) is 5.38. The Morgan fingerprint density at radius 2 is 1.47 bits per heavy atom. The van der Waals surface area contributed by atoms with Gasteiger partial charge in [-0.15, -0.1) is 0 Å². The summed E-state index contributed by atoms with van der Waals surface area (Å²) in [4.78, 5) is 26.7. The zero-order chi connectivity index (χ0) is 24.8. The van der Waals surface area contributed by atoms with Gasteiger partial charge in [-0.3, -0.25) is 9.69 Å². The van der Waals surface area contributed by atoms with Gasteiger partial charge in [-0.2, -0.15) is 0 Å². The van der Waals surface area contributed by atoms with Gasteiger partial charge in [-0.1, -0.05) is 73.5 Å². The van der Waals surface area contributed by atoms with Crippen molar-refractivity contribution < 1.29 is 19.1 Å². The first-order chi connectivity index (χ1) is 16.2. The fraction of sp³-hybridized carbons (Fsp3) is 0.500. The lowest BCUT2D eigenvalue weighted by Gasteiger charge is -2.28. The molecule has 1 atom stereocenters. The van der Waals surface area contributed by atoms with Crippen LogP contribution in [0.4, 0.5) is 4.79 Å². The molecule has 34 heavy (non-hydrogen) atoms. The normalized spacial score (nSPS) is 12.3. The average molecular weight is 469 g/mol. The predicted octanol–water partition coefficient (Wildman–Crippen LogP) is 5.71. The Kier molecular flexibility index (Phi) is 11.6. The molecule has 1 N–H and O–H groups in total. The molecule has 0 spiro atoms. The molecule has 6 nitrogen and oxygen atoms in total. The number of carbonyl (C=O) groups is 2. The second-order valence-electron chi connectivity index (χ2n) is 9.57. The van der Waals surface area contributed by atoms with Crippen molar-refractivity contribution >= 4 is 12.1 Å². The van der Waals surface area contributed by atoms with Crippen LogP contribution in [-0.4, -0.2) is 41.7 Å². The van der Waals surface area contributed by atoms with Crippen LogP contribution in [0.25, 0.3) is 0 Å². The molecular weight excluding hydrogens is 428 g/mol. The van der Waals surface area contributed by atoms with Gasteiger partial charge in [-0.05, 0) is 58.2 Å². The van der Waals surface area contributed by atoms with E-state index in [9.17, 15) is 9.59 Å². The lowest BCUT2D eigenvalue weighted by Crippen LogP contribution is -2.40. The highest BCUT2D eigenvalue weighted by atomic mass is 16.6. The smallest absolute Gasteiger partial charge is 0.407 e. The number of hydrogen-bond acceptors (Lipinski definition) is 5. The molecule has 0 saturated heterocycles. The van der Waals surface area contributed by atoms with Crippen molar-refractivity contribution in [2.75, 3.05) is 13.1 Å². The predicted molar refractivity (Wildman–Crippen MR) is 135 cm³/mol. The van der Waals surface area contributed by atoms with Crippen molar-refractivity contribution in [2.24, 2.45) is 0 Å². The number of carbonyl (C=O) groups excluding carboxylic acids is 2. The largest absolute Gasteiger partial charge is 0.460 e. The molecule has 0 aliphatic carbocycles. The number of ether oxygens (including phenoxy) is 2. The van der Waals surface area contributed by atoms with Crippen LogP contribution in [0, 0.1) is 0 Å². The van der Waals surface area contributed by atoms with E-state index in [1.54, 1.807) is 0 Å². The fourth-order valence-corrected chi connectivity index (χ4v) is 3.52.